The SMILES string of the molecule is Cc1cn([C@H]2C[C@H](O[Si](C)(C)C(C)(C)C)[C@@H](CO[Si](C)(C)C(C)(C)C)O2)c(=O)n(CC(=O)OCc2ccccc2)c1=O. The van der Waals surface area contributed by atoms with Crippen molar-refractivity contribution in [2.24, 2.45) is 0 Å². The van der Waals surface area contributed by atoms with E-state index in [9.17, 15) is 14.4 Å². The summed E-state index contributed by atoms with van der Waals surface area (Å²) in [5, 5.41) is 0.0101. The molecule has 42 heavy (non-hydrogen) atoms. The van der Waals surface area contributed by atoms with E-state index in [0.717, 1.165) is 10.1 Å². The first-order valence-electron chi connectivity index (χ1n) is 14.7. The first kappa shape index (κ1) is 34.2. The fourth-order valence-electron chi connectivity index (χ4n) is 4.22. The van der Waals surface area contributed by atoms with Gasteiger partial charge in [0.05, 0.1) is 12.7 Å². The number of carbonyl (C=O) groups excluding carboxylic acids is 1. The van der Waals surface area contributed by atoms with E-state index in [2.05, 4.69) is 67.7 Å². The predicted molar refractivity (Wildman–Crippen MR) is 170 cm³/mol. The van der Waals surface area contributed by atoms with Crippen LogP contribution in [0.5, 0.6) is 0 Å². The highest BCUT2D eigenvalue weighted by Crippen LogP contribution is 2.42. The highest BCUT2D eigenvalue weighted by molar-refractivity contribution is 6.74. The minimum atomic E-state index is -2.19. The minimum Gasteiger partial charge on any atom is -0.459 e. The van der Waals surface area contributed by atoms with E-state index >= 15 is 0 Å². The van der Waals surface area contributed by atoms with Crippen LogP contribution in [0, 0.1) is 6.92 Å². The number of ether oxygens (including phenoxy) is 2. The molecule has 1 aromatic carbocycles. The highest BCUT2D eigenvalue weighted by atomic mass is 28.4. The molecule has 0 unspecified atom stereocenters. The smallest absolute Gasteiger partial charge is 0.333 e. The largest absolute Gasteiger partial charge is 0.459 e. The van der Waals surface area contributed by atoms with Crippen LogP contribution in [0.25, 0.3) is 0 Å². The van der Waals surface area contributed by atoms with Gasteiger partial charge in [-0.15, -0.1) is 0 Å². The second-order valence-corrected chi connectivity index (χ2v) is 24.0. The fraction of sp³-hybridized carbons (Fsp3) is 0.645. The number of rotatable bonds is 10. The molecule has 3 rings (SSSR count). The highest BCUT2D eigenvalue weighted by Gasteiger charge is 2.47. The molecule has 0 radical (unpaired) electrons. The Hall–Kier alpha value is -2.32. The molecular formula is C31H50N2O7Si2. The Balaban J connectivity index is 1.88. The lowest BCUT2D eigenvalue weighted by Gasteiger charge is -2.40. The molecule has 234 valence electrons. The minimum absolute atomic E-state index is 0.0172. The van der Waals surface area contributed by atoms with E-state index < -0.39 is 46.6 Å². The van der Waals surface area contributed by atoms with Crippen molar-refractivity contribution >= 4 is 22.6 Å². The van der Waals surface area contributed by atoms with Crippen LogP contribution in [0.2, 0.25) is 36.3 Å². The zero-order valence-corrected chi connectivity index (χ0v) is 29.3. The molecule has 1 saturated heterocycles. The Kier molecular flexibility index (Phi) is 10.4. The molecule has 9 nitrogen and oxygen atoms in total. The lowest BCUT2D eigenvalue weighted by molar-refractivity contribution is -0.145. The normalized spacial score (nSPS) is 20.1. The second kappa shape index (κ2) is 12.7. The molecule has 1 aliphatic heterocycles. The molecule has 0 N–H and O–H groups in total. The summed E-state index contributed by atoms with van der Waals surface area (Å²) < 4.78 is 27.6. The number of aryl methyl sites for hydroxylation is 1. The van der Waals surface area contributed by atoms with Gasteiger partial charge < -0.3 is 18.3 Å². The molecule has 0 aliphatic carbocycles. The lowest BCUT2D eigenvalue weighted by atomic mass is 10.2. The van der Waals surface area contributed by atoms with Gasteiger partial charge in [0, 0.05) is 18.2 Å². The zero-order valence-electron chi connectivity index (χ0n) is 27.3. The lowest BCUT2D eigenvalue weighted by Crippen LogP contribution is -2.48. The van der Waals surface area contributed by atoms with Crippen LogP contribution in [-0.2, 0) is 36.3 Å². The summed E-state index contributed by atoms with van der Waals surface area (Å²) >= 11 is 0. The van der Waals surface area contributed by atoms with Crippen molar-refractivity contribution in [3.05, 3.63) is 68.5 Å². The van der Waals surface area contributed by atoms with Gasteiger partial charge >= 0.3 is 11.7 Å². The van der Waals surface area contributed by atoms with Crippen LogP contribution in [-0.4, -0.2) is 50.6 Å². The Labute approximate surface area is 252 Å². The molecule has 0 bridgehead atoms. The summed E-state index contributed by atoms with van der Waals surface area (Å²) in [5.41, 5.74) is -0.00284. The number of benzene rings is 1. The Bertz CT molecular complexity index is 1350. The number of hydrogen-bond acceptors (Lipinski definition) is 7. The van der Waals surface area contributed by atoms with Crippen molar-refractivity contribution in [1.29, 1.82) is 0 Å². The number of carbonyl (C=O) groups is 1. The summed E-state index contributed by atoms with van der Waals surface area (Å²) in [6.07, 6.45) is 0.590. The molecular weight excluding hydrogens is 569 g/mol. The Morgan fingerprint density at radius 2 is 1.57 bits per heavy atom. The van der Waals surface area contributed by atoms with E-state index in [1.165, 1.54) is 10.8 Å². The van der Waals surface area contributed by atoms with Gasteiger partial charge in [0.15, 0.2) is 16.6 Å². The van der Waals surface area contributed by atoms with E-state index in [-0.39, 0.29) is 28.9 Å². The number of hydrogen-bond donors (Lipinski definition) is 0. The first-order chi connectivity index (χ1) is 19.2. The van der Waals surface area contributed by atoms with Gasteiger partial charge in [-0.2, -0.15) is 0 Å². The van der Waals surface area contributed by atoms with Gasteiger partial charge in [0.25, 0.3) is 5.56 Å². The average Bonchev–Trinajstić information content (AvgIpc) is 3.27. The summed E-state index contributed by atoms with van der Waals surface area (Å²) in [6.45, 7) is 23.5. The van der Waals surface area contributed by atoms with Crippen molar-refractivity contribution in [3.8, 4) is 0 Å². The van der Waals surface area contributed by atoms with E-state index in [1.807, 2.05) is 30.3 Å². The number of esters is 1. The van der Waals surface area contributed by atoms with Gasteiger partial charge in [-0.1, -0.05) is 71.9 Å². The van der Waals surface area contributed by atoms with Gasteiger partial charge in [-0.05, 0) is 48.8 Å². The van der Waals surface area contributed by atoms with E-state index in [0.29, 0.717) is 18.6 Å². The van der Waals surface area contributed by atoms with Gasteiger partial charge in [-0.25, -0.2) is 9.36 Å². The Morgan fingerprint density at radius 3 is 2.14 bits per heavy atom. The molecule has 1 aliphatic rings. The van der Waals surface area contributed by atoms with Crippen LogP contribution in [0.4, 0.5) is 0 Å². The third-order valence-corrected chi connectivity index (χ3v) is 18.1. The Morgan fingerprint density at radius 1 is 0.976 bits per heavy atom. The molecule has 2 aromatic rings. The summed E-state index contributed by atoms with van der Waals surface area (Å²) in [5.74, 6) is -0.665. The molecule has 2 heterocycles. The van der Waals surface area contributed by atoms with Crippen molar-refractivity contribution < 1.29 is 23.1 Å². The van der Waals surface area contributed by atoms with Crippen LogP contribution in [0.3, 0.4) is 0 Å². The number of aromatic nitrogens is 2. The van der Waals surface area contributed by atoms with Crippen LogP contribution in [0.1, 0.15) is 65.3 Å². The standard InChI is InChI=1S/C31H50N2O7Si2/c1-22-18-32(29(36)33(28(22)35)19-27(34)37-20-23-15-13-12-14-16-23)26-17-24(40-42(10,11)31(5,6)7)25(39-26)21-38-41(8,9)30(2,3)4/h12-16,18,24-26H,17,19-21H2,1-11H3/t24-,25+,26+/m0/s1. The molecule has 0 amide bonds. The van der Waals surface area contributed by atoms with Crippen molar-refractivity contribution in [1.82, 2.24) is 9.13 Å². The summed E-state index contributed by atoms with van der Waals surface area (Å²) in [6, 6.07) is 9.24. The third-order valence-electron chi connectivity index (χ3n) is 9.05. The molecule has 11 heteroatoms. The van der Waals surface area contributed by atoms with Crippen LogP contribution >= 0.6 is 0 Å². The topological polar surface area (TPSA) is 98.0 Å². The first-order valence-corrected chi connectivity index (χ1v) is 20.5. The predicted octanol–water partition coefficient (Wildman–Crippen LogP) is 5.76. The van der Waals surface area contributed by atoms with Crippen LogP contribution < -0.4 is 11.2 Å². The molecule has 0 spiro atoms. The van der Waals surface area contributed by atoms with Crippen molar-refractivity contribution in [3.63, 3.8) is 0 Å². The van der Waals surface area contributed by atoms with E-state index in [4.69, 9.17) is 18.3 Å². The fourth-order valence-corrected chi connectivity index (χ4v) is 6.60. The maximum atomic E-state index is 13.6. The monoisotopic (exact) mass is 618 g/mol. The van der Waals surface area contributed by atoms with Crippen molar-refractivity contribution in [2.45, 2.75) is 123 Å². The van der Waals surface area contributed by atoms with Gasteiger partial charge in [0.2, 0.25) is 0 Å². The third kappa shape index (κ3) is 7.99. The number of nitrogens with zero attached hydrogens (tertiary/aromatic N) is 2. The quantitative estimate of drug-likeness (QED) is 0.247. The van der Waals surface area contributed by atoms with Crippen LogP contribution in [0.15, 0.2) is 46.1 Å². The van der Waals surface area contributed by atoms with E-state index in [1.54, 1.807) is 6.92 Å². The summed E-state index contributed by atoms with van der Waals surface area (Å²) in [4.78, 5) is 39.3. The zero-order chi connectivity index (χ0) is 31.7. The van der Waals surface area contributed by atoms with Gasteiger partial charge in [0.1, 0.15) is 25.5 Å². The maximum Gasteiger partial charge on any atom is 0.333 e. The molecule has 0 saturated carbocycles. The average molecular weight is 619 g/mol. The second-order valence-electron chi connectivity index (χ2n) is 14.4. The maximum absolute atomic E-state index is 13.6. The van der Waals surface area contributed by atoms with Crippen molar-refractivity contribution in [2.75, 3.05) is 6.61 Å². The molecule has 1 aromatic heterocycles. The summed E-state index contributed by atoms with van der Waals surface area (Å²) in [7, 11) is -4.26. The molecule has 1 fully saturated rings. The molecule has 3 atom stereocenters. The van der Waals surface area contributed by atoms with Gasteiger partial charge in [-0.3, -0.25) is 14.2 Å².